The number of benzene rings is 2. The second kappa shape index (κ2) is 8.95. The quantitative estimate of drug-likeness (QED) is 0.501. The molecule has 0 unspecified atom stereocenters. The summed E-state index contributed by atoms with van der Waals surface area (Å²) in [5.41, 5.74) is 2.07. The zero-order valence-corrected chi connectivity index (χ0v) is 16.3. The lowest BCUT2D eigenvalue weighted by Crippen LogP contribution is -2.36. The Bertz CT molecular complexity index is 1070. The molecule has 8 nitrogen and oxygen atoms in total. The smallest absolute Gasteiger partial charge is 0.258 e. The number of methoxy groups -OCH3 is 1. The summed E-state index contributed by atoms with van der Waals surface area (Å²) in [4.78, 5) is 21.4. The molecular formula is C22H20N4O4. The van der Waals surface area contributed by atoms with E-state index in [0.29, 0.717) is 41.0 Å². The molecule has 0 aliphatic carbocycles. The molecule has 2 aromatic carbocycles. The predicted octanol–water partition coefficient (Wildman–Crippen LogP) is 3.22. The highest BCUT2D eigenvalue weighted by molar-refractivity contribution is 6.10. The molecule has 1 aromatic heterocycles. The van der Waals surface area contributed by atoms with Crippen LogP contribution in [0.3, 0.4) is 0 Å². The maximum absolute atomic E-state index is 12.8. The van der Waals surface area contributed by atoms with Crippen molar-refractivity contribution in [2.24, 2.45) is 4.99 Å². The van der Waals surface area contributed by atoms with Crippen LogP contribution in [0.1, 0.15) is 15.9 Å². The summed E-state index contributed by atoms with van der Waals surface area (Å²) < 4.78 is 16.0. The average molecular weight is 404 g/mol. The standard InChI is InChI=1S/C22H20N4O4/c1-28-18-5-3-2-4-17(18)25-22(24-13-15-8-10-23-11-9-15)26-21(27)16-6-7-19-20(12-16)30-14-29-19/h2-12H,13-14H2,1H3,(H2,24,25,26,27). The molecule has 0 bridgehead atoms. The third kappa shape index (κ3) is 4.49. The topological polar surface area (TPSA) is 94.1 Å². The van der Waals surface area contributed by atoms with Crippen molar-refractivity contribution in [3.63, 3.8) is 0 Å². The van der Waals surface area contributed by atoms with E-state index in [0.717, 1.165) is 5.56 Å². The second-order valence-corrected chi connectivity index (χ2v) is 6.37. The Morgan fingerprint density at radius 3 is 2.73 bits per heavy atom. The van der Waals surface area contributed by atoms with E-state index in [9.17, 15) is 4.79 Å². The van der Waals surface area contributed by atoms with E-state index in [4.69, 9.17) is 14.2 Å². The lowest BCUT2D eigenvalue weighted by molar-refractivity contribution is 0.0976. The maximum atomic E-state index is 12.8. The number of pyridine rings is 1. The Kier molecular flexibility index (Phi) is 5.75. The van der Waals surface area contributed by atoms with E-state index < -0.39 is 0 Å². The summed E-state index contributed by atoms with van der Waals surface area (Å²) in [5, 5.41) is 5.97. The SMILES string of the molecule is COc1ccccc1NC(=NCc1ccncc1)NC(=O)c1ccc2c(c1)OCO2. The number of fused-ring (bicyclic) bond motifs is 1. The van der Waals surface area contributed by atoms with Crippen LogP contribution in [0.15, 0.2) is 72.0 Å². The molecule has 8 heteroatoms. The van der Waals surface area contributed by atoms with Crippen molar-refractivity contribution in [3.05, 3.63) is 78.1 Å². The largest absolute Gasteiger partial charge is 0.495 e. The van der Waals surface area contributed by atoms with E-state index >= 15 is 0 Å². The van der Waals surface area contributed by atoms with E-state index in [1.54, 1.807) is 37.7 Å². The van der Waals surface area contributed by atoms with Gasteiger partial charge in [-0.05, 0) is 48.0 Å². The number of hydrogen-bond donors (Lipinski definition) is 2. The van der Waals surface area contributed by atoms with Crippen LogP contribution in [0.4, 0.5) is 5.69 Å². The van der Waals surface area contributed by atoms with Crippen molar-refractivity contribution >= 4 is 17.6 Å². The zero-order chi connectivity index (χ0) is 20.8. The van der Waals surface area contributed by atoms with E-state index in [-0.39, 0.29) is 12.7 Å². The summed E-state index contributed by atoms with van der Waals surface area (Å²) in [6, 6.07) is 16.1. The molecule has 1 aliphatic heterocycles. The number of nitrogens with zero attached hydrogens (tertiary/aromatic N) is 2. The van der Waals surface area contributed by atoms with Gasteiger partial charge in [-0.1, -0.05) is 12.1 Å². The van der Waals surface area contributed by atoms with Crippen molar-refractivity contribution in [2.75, 3.05) is 19.2 Å². The Balaban J connectivity index is 1.56. The minimum atomic E-state index is -0.329. The third-order valence-electron chi connectivity index (χ3n) is 4.40. The summed E-state index contributed by atoms with van der Waals surface area (Å²) in [5.74, 6) is 1.75. The van der Waals surface area contributed by atoms with Gasteiger partial charge >= 0.3 is 0 Å². The van der Waals surface area contributed by atoms with Crippen LogP contribution < -0.4 is 24.8 Å². The molecule has 2 heterocycles. The van der Waals surface area contributed by atoms with Gasteiger partial charge in [0.1, 0.15) is 5.75 Å². The highest BCUT2D eigenvalue weighted by atomic mass is 16.7. The monoisotopic (exact) mass is 404 g/mol. The third-order valence-corrected chi connectivity index (χ3v) is 4.40. The number of carbonyl (C=O) groups is 1. The maximum Gasteiger partial charge on any atom is 0.258 e. The Morgan fingerprint density at radius 1 is 1.10 bits per heavy atom. The fourth-order valence-electron chi connectivity index (χ4n) is 2.86. The number of anilines is 1. The van der Waals surface area contributed by atoms with Crippen molar-refractivity contribution in [3.8, 4) is 17.2 Å². The number of hydrogen-bond acceptors (Lipinski definition) is 6. The zero-order valence-electron chi connectivity index (χ0n) is 16.3. The molecule has 4 rings (SSSR count). The number of aliphatic imine (C=N–C) groups is 1. The Morgan fingerprint density at radius 2 is 1.90 bits per heavy atom. The molecule has 30 heavy (non-hydrogen) atoms. The second-order valence-electron chi connectivity index (χ2n) is 6.37. The summed E-state index contributed by atoms with van der Waals surface area (Å²) in [6.07, 6.45) is 3.40. The Labute approximate surface area is 173 Å². The van der Waals surface area contributed by atoms with Gasteiger partial charge in [-0.15, -0.1) is 0 Å². The van der Waals surface area contributed by atoms with Gasteiger partial charge in [0.2, 0.25) is 12.8 Å². The molecule has 2 N–H and O–H groups in total. The number of rotatable bonds is 5. The van der Waals surface area contributed by atoms with Gasteiger partial charge in [0.25, 0.3) is 5.91 Å². The normalized spacial score (nSPS) is 12.4. The van der Waals surface area contributed by atoms with Gasteiger partial charge in [-0.3, -0.25) is 15.1 Å². The first-order valence-corrected chi connectivity index (χ1v) is 9.27. The molecule has 0 spiro atoms. The molecule has 152 valence electrons. The fraction of sp³-hybridized carbons (Fsp3) is 0.136. The summed E-state index contributed by atoms with van der Waals surface area (Å²) in [6.45, 7) is 0.510. The lowest BCUT2D eigenvalue weighted by Gasteiger charge is -2.14. The number of guanidine groups is 1. The number of nitrogens with one attached hydrogen (secondary N) is 2. The molecule has 0 atom stereocenters. The first-order chi connectivity index (χ1) is 14.7. The van der Waals surface area contributed by atoms with Crippen molar-refractivity contribution in [1.82, 2.24) is 10.3 Å². The van der Waals surface area contributed by atoms with Crippen LogP contribution in [-0.4, -0.2) is 30.8 Å². The molecule has 3 aromatic rings. The molecule has 0 fully saturated rings. The van der Waals surface area contributed by atoms with Gasteiger partial charge in [0.15, 0.2) is 11.5 Å². The van der Waals surface area contributed by atoms with E-state index in [1.807, 2.05) is 36.4 Å². The van der Waals surface area contributed by atoms with E-state index in [1.165, 1.54) is 0 Å². The summed E-state index contributed by atoms with van der Waals surface area (Å²) in [7, 11) is 1.58. The summed E-state index contributed by atoms with van der Waals surface area (Å²) >= 11 is 0. The number of carbonyl (C=O) groups excluding carboxylic acids is 1. The first kappa shape index (κ1) is 19.3. The number of amides is 1. The molecule has 0 saturated heterocycles. The fourth-order valence-corrected chi connectivity index (χ4v) is 2.86. The van der Waals surface area contributed by atoms with Crippen LogP contribution in [-0.2, 0) is 6.54 Å². The average Bonchev–Trinajstić information content (AvgIpc) is 3.26. The molecular weight excluding hydrogens is 384 g/mol. The Hall–Kier alpha value is -4.07. The predicted molar refractivity (Wildman–Crippen MR) is 112 cm³/mol. The highest BCUT2D eigenvalue weighted by Crippen LogP contribution is 2.32. The van der Waals surface area contributed by atoms with Crippen LogP contribution in [0.25, 0.3) is 0 Å². The minimum Gasteiger partial charge on any atom is -0.495 e. The number of ether oxygens (including phenoxy) is 3. The van der Waals surface area contributed by atoms with E-state index in [2.05, 4.69) is 20.6 Å². The van der Waals surface area contributed by atoms with Crippen molar-refractivity contribution < 1.29 is 19.0 Å². The van der Waals surface area contributed by atoms with Gasteiger partial charge in [-0.25, -0.2) is 4.99 Å². The first-order valence-electron chi connectivity index (χ1n) is 9.27. The van der Waals surface area contributed by atoms with Crippen LogP contribution in [0.5, 0.6) is 17.2 Å². The van der Waals surface area contributed by atoms with Crippen LogP contribution in [0.2, 0.25) is 0 Å². The van der Waals surface area contributed by atoms with Gasteiger partial charge < -0.3 is 19.5 Å². The minimum absolute atomic E-state index is 0.147. The van der Waals surface area contributed by atoms with Crippen molar-refractivity contribution in [2.45, 2.75) is 6.54 Å². The number of aromatic nitrogens is 1. The van der Waals surface area contributed by atoms with Gasteiger partial charge in [-0.2, -0.15) is 0 Å². The van der Waals surface area contributed by atoms with Gasteiger partial charge in [0, 0.05) is 18.0 Å². The van der Waals surface area contributed by atoms with Crippen LogP contribution in [0, 0.1) is 0 Å². The highest BCUT2D eigenvalue weighted by Gasteiger charge is 2.17. The van der Waals surface area contributed by atoms with Crippen LogP contribution >= 0.6 is 0 Å². The van der Waals surface area contributed by atoms with Crippen molar-refractivity contribution in [1.29, 1.82) is 0 Å². The molecule has 0 radical (unpaired) electrons. The molecule has 1 aliphatic rings. The van der Waals surface area contributed by atoms with Gasteiger partial charge in [0.05, 0.1) is 19.3 Å². The lowest BCUT2D eigenvalue weighted by atomic mass is 10.2. The number of para-hydroxylation sites is 2. The molecule has 0 saturated carbocycles. The molecule has 1 amide bonds.